The fourth-order valence-corrected chi connectivity index (χ4v) is 1.70. The van der Waals surface area contributed by atoms with Crippen molar-refractivity contribution in [3.63, 3.8) is 0 Å². The Morgan fingerprint density at radius 2 is 2.19 bits per heavy atom. The van der Waals surface area contributed by atoms with E-state index >= 15 is 0 Å². The SMILES string of the molecule is CCOC(=O)Cc1ccc(S(=O)(=O)Cl)cn1. The van der Waals surface area contributed by atoms with Crippen LogP contribution in [0.5, 0.6) is 0 Å². The second-order valence-corrected chi connectivity index (χ2v) is 5.47. The third-order valence-electron chi connectivity index (χ3n) is 1.71. The second-order valence-electron chi connectivity index (χ2n) is 2.90. The first kappa shape index (κ1) is 12.9. The number of nitrogens with zero attached hydrogens (tertiary/aromatic N) is 1. The van der Waals surface area contributed by atoms with Crippen LogP contribution in [-0.4, -0.2) is 26.0 Å². The molecule has 0 amide bonds. The van der Waals surface area contributed by atoms with Crippen molar-refractivity contribution >= 4 is 25.7 Å². The number of rotatable bonds is 4. The number of ether oxygens (including phenoxy) is 1. The predicted molar refractivity (Wildman–Crippen MR) is 57.6 cm³/mol. The Labute approximate surface area is 97.8 Å². The molecule has 0 spiro atoms. The molecule has 16 heavy (non-hydrogen) atoms. The molecule has 0 aliphatic heterocycles. The van der Waals surface area contributed by atoms with Crippen molar-refractivity contribution < 1.29 is 17.9 Å². The highest BCUT2D eigenvalue weighted by molar-refractivity contribution is 8.13. The number of carbonyl (C=O) groups is 1. The van der Waals surface area contributed by atoms with Gasteiger partial charge in [-0.3, -0.25) is 9.78 Å². The van der Waals surface area contributed by atoms with Crippen LogP contribution in [-0.2, 0) is 25.0 Å². The summed E-state index contributed by atoms with van der Waals surface area (Å²) in [6, 6.07) is 2.72. The number of hydrogen-bond donors (Lipinski definition) is 0. The van der Waals surface area contributed by atoms with Crippen LogP contribution >= 0.6 is 10.7 Å². The quantitative estimate of drug-likeness (QED) is 0.601. The number of hydrogen-bond acceptors (Lipinski definition) is 5. The average Bonchev–Trinajstić information content (AvgIpc) is 2.17. The van der Waals surface area contributed by atoms with Gasteiger partial charge in [0.1, 0.15) is 4.90 Å². The molecule has 0 radical (unpaired) electrons. The van der Waals surface area contributed by atoms with Gasteiger partial charge in [0.05, 0.1) is 18.7 Å². The van der Waals surface area contributed by atoms with E-state index in [1.165, 1.54) is 12.1 Å². The van der Waals surface area contributed by atoms with Gasteiger partial charge in [-0.15, -0.1) is 0 Å². The van der Waals surface area contributed by atoms with Gasteiger partial charge in [-0.25, -0.2) is 8.42 Å². The monoisotopic (exact) mass is 263 g/mol. The van der Waals surface area contributed by atoms with E-state index in [1.807, 2.05) is 0 Å². The van der Waals surface area contributed by atoms with Crippen molar-refractivity contribution in [1.82, 2.24) is 4.98 Å². The molecule has 88 valence electrons. The van der Waals surface area contributed by atoms with Crippen LogP contribution in [0.4, 0.5) is 0 Å². The predicted octanol–water partition coefficient (Wildman–Crippen LogP) is 1.11. The molecular weight excluding hydrogens is 254 g/mol. The van der Waals surface area contributed by atoms with Gasteiger partial charge in [-0.2, -0.15) is 0 Å². The normalized spacial score (nSPS) is 11.1. The minimum absolute atomic E-state index is 0.0104. The second kappa shape index (κ2) is 5.27. The topological polar surface area (TPSA) is 73.3 Å². The molecule has 0 N–H and O–H groups in total. The standard InChI is InChI=1S/C9H10ClNO4S/c1-2-15-9(12)5-7-3-4-8(6-11-7)16(10,13)14/h3-4,6H,2,5H2,1H3. The van der Waals surface area contributed by atoms with Gasteiger partial charge in [-0.1, -0.05) is 0 Å². The summed E-state index contributed by atoms with van der Waals surface area (Å²) in [6.45, 7) is 2.00. The van der Waals surface area contributed by atoms with E-state index in [0.717, 1.165) is 6.20 Å². The van der Waals surface area contributed by atoms with Crippen LogP contribution in [0.25, 0.3) is 0 Å². The molecule has 0 aromatic carbocycles. The molecule has 5 nitrogen and oxygen atoms in total. The Morgan fingerprint density at radius 3 is 2.62 bits per heavy atom. The van der Waals surface area contributed by atoms with E-state index in [0.29, 0.717) is 12.3 Å². The average molecular weight is 264 g/mol. The lowest BCUT2D eigenvalue weighted by Crippen LogP contribution is -2.08. The molecule has 0 saturated heterocycles. The van der Waals surface area contributed by atoms with E-state index in [4.69, 9.17) is 15.4 Å². The van der Waals surface area contributed by atoms with Crippen molar-refractivity contribution in [1.29, 1.82) is 0 Å². The maximum absolute atomic E-state index is 11.1. The van der Waals surface area contributed by atoms with Crippen LogP contribution in [0.1, 0.15) is 12.6 Å². The van der Waals surface area contributed by atoms with Crippen LogP contribution in [0, 0.1) is 0 Å². The van der Waals surface area contributed by atoms with Crippen LogP contribution in [0.3, 0.4) is 0 Å². The highest BCUT2D eigenvalue weighted by atomic mass is 35.7. The number of esters is 1. The molecule has 0 saturated carbocycles. The maximum Gasteiger partial charge on any atom is 0.311 e. The first-order valence-corrected chi connectivity index (χ1v) is 6.79. The first-order chi connectivity index (χ1) is 7.43. The fourth-order valence-electron chi connectivity index (χ4n) is 1.02. The van der Waals surface area contributed by atoms with Gasteiger partial charge in [0, 0.05) is 16.9 Å². The minimum atomic E-state index is -3.76. The minimum Gasteiger partial charge on any atom is -0.466 e. The molecule has 7 heteroatoms. The third kappa shape index (κ3) is 3.79. The van der Waals surface area contributed by atoms with E-state index < -0.39 is 15.0 Å². The number of pyridine rings is 1. The van der Waals surface area contributed by atoms with E-state index in [9.17, 15) is 13.2 Å². The Morgan fingerprint density at radius 1 is 1.50 bits per heavy atom. The molecule has 1 aromatic heterocycles. The summed E-state index contributed by atoms with van der Waals surface area (Å²) in [5.41, 5.74) is 0.433. The van der Waals surface area contributed by atoms with E-state index in [-0.39, 0.29) is 11.3 Å². The van der Waals surface area contributed by atoms with Crippen molar-refractivity contribution in [2.24, 2.45) is 0 Å². The lowest BCUT2D eigenvalue weighted by molar-refractivity contribution is -0.142. The smallest absolute Gasteiger partial charge is 0.311 e. The molecule has 0 atom stereocenters. The number of carbonyl (C=O) groups excluding carboxylic acids is 1. The summed E-state index contributed by atoms with van der Waals surface area (Å²) < 4.78 is 26.5. The molecule has 1 aromatic rings. The van der Waals surface area contributed by atoms with Gasteiger partial charge in [-0.05, 0) is 19.1 Å². The highest BCUT2D eigenvalue weighted by Crippen LogP contribution is 2.13. The van der Waals surface area contributed by atoms with Gasteiger partial charge in [0.2, 0.25) is 0 Å². The third-order valence-corrected chi connectivity index (χ3v) is 3.05. The van der Waals surface area contributed by atoms with Gasteiger partial charge >= 0.3 is 5.97 Å². The number of halogens is 1. The van der Waals surface area contributed by atoms with E-state index in [2.05, 4.69) is 4.98 Å². The van der Waals surface area contributed by atoms with Crippen molar-refractivity contribution in [3.05, 3.63) is 24.0 Å². The lowest BCUT2D eigenvalue weighted by atomic mass is 10.3. The summed E-state index contributed by atoms with van der Waals surface area (Å²) in [6.07, 6.45) is 1.12. The Balaban J connectivity index is 2.76. The van der Waals surface area contributed by atoms with Gasteiger partial charge in [0.15, 0.2) is 0 Å². The van der Waals surface area contributed by atoms with Crippen LogP contribution < -0.4 is 0 Å². The Bertz CT molecular complexity index is 469. The molecule has 0 aliphatic rings. The van der Waals surface area contributed by atoms with Crippen LogP contribution in [0.2, 0.25) is 0 Å². The molecule has 0 unspecified atom stereocenters. The summed E-state index contributed by atoms with van der Waals surface area (Å²) >= 11 is 0. The summed E-state index contributed by atoms with van der Waals surface area (Å²) in [7, 11) is 1.34. The molecule has 0 fully saturated rings. The zero-order valence-corrected chi connectivity index (χ0v) is 10.1. The van der Waals surface area contributed by atoms with Crippen molar-refractivity contribution in [3.8, 4) is 0 Å². The van der Waals surface area contributed by atoms with Crippen LogP contribution in [0.15, 0.2) is 23.2 Å². The molecule has 1 rings (SSSR count). The van der Waals surface area contributed by atoms with Gasteiger partial charge in [0.25, 0.3) is 9.05 Å². The number of aromatic nitrogens is 1. The van der Waals surface area contributed by atoms with E-state index in [1.54, 1.807) is 6.92 Å². The molecule has 1 heterocycles. The molecular formula is C9H10ClNO4S. The summed E-state index contributed by atoms with van der Waals surface area (Å²) in [4.78, 5) is 14.8. The van der Waals surface area contributed by atoms with Gasteiger partial charge < -0.3 is 4.74 Å². The first-order valence-electron chi connectivity index (χ1n) is 4.48. The largest absolute Gasteiger partial charge is 0.466 e. The lowest BCUT2D eigenvalue weighted by Gasteiger charge is -2.01. The fraction of sp³-hybridized carbons (Fsp3) is 0.333. The Kier molecular flexibility index (Phi) is 4.26. The Hall–Kier alpha value is -1.14. The maximum atomic E-state index is 11.1. The molecule has 0 aliphatic carbocycles. The zero-order chi connectivity index (χ0) is 12.2. The summed E-state index contributed by atoms with van der Waals surface area (Å²) in [5, 5.41) is 0. The van der Waals surface area contributed by atoms with Crippen molar-refractivity contribution in [2.45, 2.75) is 18.2 Å². The highest BCUT2D eigenvalue weighted by Gasteiger charge is 2.11. The molecule has 0 bridgehead atoms. The van der Waals surface area contributed by atoms with Crippen molar-refractivity contribution in [2.75, 3.05) is 6.61 Å². The summed E-state index contributed by atoms with van der Waals surface area (Å²) in [5.74, 6) is -0.406. The zero-order valence-electron chi connectivity index (χ0n) is 8.51.